The number of nitrogens with one attached hydrogen (secondary N) is 1. The lowest BCUT2D eigenvalue weighted by Crippen LogP contribution is -2.28. The molecular formula is C25H19ClF4N5O4P. The van der Waals surface area contributed by atoms with Gasteiger partial charge in [0.25, 0.3) is 12.0 Å². The minimum absolute atomic E-state index is 0.0357. The molecule has 1 heterocycles. The van der Waals surface area contributed by atoms with Crippen LogP contribution in [0.4, 0.5) is 17.6 Å². The number of ether oxygens (including phenoxy) is 1. The van der Waals surface area contributed by atoms with Crippen LogP contribution in [0.2, 0.25) is 5.02 Å². The van der Waals surface area contributed by atoms with Crippen molar-refractivity contribution in [3.63, 3.8) is 0 Å². The van der Waals surface area contributed by atoms with Gasteiger partial charge in [0, 0.05) is 10.6 Å². The Labute approximate surface area is 231 Å². The molecule has 2 aromatic carbocycles. The van der Waals surface area contributed by atoms with E-state index in [1.165, 1.54) is 39.6 Å². The first-order chi connectivity index (χ1) is 18.7. The van der Waals surface area contributed by atoms with Crippen LogP contribution in [0.3, 0.4) is 0 Å². The van der Waals surface area contributed by atoms with Crippen LogP contribution >= 0.6 is 20.8 Å². The fraction of sp³-hybridized carbons (Fsp3) is 0.160. The van der Waals surface area contributed by atoms with Gasteiger partial charge in [0.05, 0.1) is 30.2 Å². The van der Waals surface area contributed by atoms with E-state index in [1.54, 1.807) is 0 Å². The Hall–Kier alpha value is -4.11. The Kier molecular flexibility index (Phi) is 9.42. The molecule has 208 valence electrons. The number of aliphatic hydroxyl groups excluding tert-OH is 1. The van der Waals surface area contributed by atoms with Crippen molar-refractivity contribution in [3.05, 3.63) is 92.6 Å². The van der Waals surface area contributed by atoms with Crippen LogP contribution in [0.1, 0.15) is 28.5 Å². The normalized spacial score (nSPS) is 12.6. The van der Waals surface area contributed by atoms with E-state index in [4.69, 9.17) is 32.7 Å². The summed E-state index contributed by atoms with van der Waals surface area (Å²) >= 11 is 5.93. The summed E-state index contributed by atoms with van der Waals surface area (Å²) in [6.07, 6.45) is -3.31. The zero-order valence-corrected chi connectivity index (χ0v) is 22.0. The molecular weight excluding hydrogens is 577 g/mol. The minimum Gasteiger partial charge on any atom is -0.449 e. The van der Waals surface area contributed by atoms with Crippen LogP contribution in [0.25, 0.3) is 5.57 Å². The molecule has 0 radical (unpaired) electrons. The standard InChI is InChI=1S/C25H19ClF4N5O4P/c26-15-5-12(9-31)6-17(7-15)39-20-21(25(29,30)40)34-11-35(24(20)38)10-16(32)8-18(23(33)37)13-1-3-14(4-2-13)19(36)22(27)28/h1-8,11,19,22,32,36H,10,40H2,(H2,33,37)/b18-8-,32-16?. The summed E-state index contributed by atoms with van der Waals surface area (Å²) in [6.45, 7) is -0.567. The van der Waals surface area contributed by atoms with Crippen molar-refractivity contribution < 1.29 is 32.2 Å². The zero-order chi connectivity index (χ0) is 29.8. The van der Waals surface area contributed by atoms with Crippen molar-refractivity contribution in [2.75, 3.05) is 0 Å². The molecule has 4 N–H and O–H groups in total. The average Bonchev–Trinajstić information content (AvgIpc) is 2.88. The maximum Gasteiger partial charge on any atom is 0.304 e. The number of hydrogen-bond acceptors (Lipinski definition) is 7. The van der Waals surface area contributed by atoms with Gasteiger partial charge in [-0.3, -0.25) is 14.2 Å². The second-order valence-electron chi connectivity index (χ2n) is 8.22. The number of carbonyl (C=O) groups excluding carboxylic acids is 1. The molecule has 40 heavy (non-hydrogen) atoms. The second-order valence-corrected chi connectivity index (χ2v) is 9.38. The molecule has 1 aromatic heterocycles. The lowest BCUT2D eigenvalue weighted by Gasteiger charge is -2.16. The van der Waals surface area contributed by atoms with Crippen molar-refractivity contribution >= 4 is 38.0 Å². The molecule has 0 aliphatic carbocycles. The number of nitrogens with zero attached hydrogens (tertiary/aromatic N) is 3. The Balaban J connectivity index is 1.97. The lowest BCUT2D eigenvalue weighted by atomic mass is 10.00. The number of nitriles is 1. The van der Waals surface area contributed by atoms with Crippen LogP contribution in [0.15, 0.2) is 59.7 Å². The van der Waals surface area contributed by atoms with E-state index in [0.717, 1.165) is 29.1 Å². The molecule has 2 unspecified atom stereocenters. The topological polar surface area (TPSA) is 155 Å². The highest BCUT2D eigenvalue weighted by Crippen LogP contribution is 2.39. The van der Waals surface area contributed by atoms with Gasteiger partial charge < -0.3 is 21.0 Å². The van der Waals surface area contributed by atoms with Gasteiger partial charge in [-0.05, 0) is 35.4 Å². The number of halogens is 5. The molecule has 0 saturated carbocycles. The van der Waals surface area contributed by atoms with Gasteiger partial charge in [0.1, 0.15) is 11.9 Å². The Morgan fingerprint density at radius 3 is 2.50 bits per heavy atom. The highest BCUT2D eigenvalue weighted by Gasteiger charge is 2.34. The first-order valence-corrected chi connectivity index (χ1v) is 12.0. The predicted molar refractivity (Wildman–Crippen MR) is 141 cm³/mol. The van der Waals surface area contributed by atoms with Gasteiger partial charge in [-0.25, -0.2) is 13.8 Å². The summed E-state index contributed by atoms with van der Waals surface area (Å²) in [4.78, 5) is 28.8. The monoisotopic (exact) mass is 595 g/mol. The summed E-state index contributed by atoms with van der Waals surface area (Å²) in [5.41, 5.74) is -1.01. The Morgan fingerprint density at radius 2 is 1.95 bits per heavy atom. The van der Waals surface area contributed by atoms with Gasteiger partial charge in [-0.2, -0.15) is 14.0 Å². The molecule has 0 aliphatic heterocycles. The van der Waals surface area contributed by atoms with Gasteiger partial charge >= 0.3 is 5.66 Å². The molecule has 2 atom stereocenters. The first kappa shape index (κ1) is 30.4. The van der Waals surface area contributed by atoms with Gasteiger partial charge in [0.15, 0.2) is 5.69 Å². The SMILES string of the molecule is N#Cc1cc(Cl)cc(Oc2c(C(F)(F)P)ncn(CC(=N)/C=C(\C(N)=O)c3ccc(C(O)C(F)F)cc3)c2=O)c1. The summed E-state index contributed by atoms with van der Waals surface area (Å²) in [5.74, 6) is -2.08. The molecule has 3 rings (SSSR count). The molecule has 0 spiro atoms. The number of carbonyl (C=O) groups is 1. The Bertz CT molecular complexity index is 1580. The predicted octanol–water partition coefficient (Wildman–Crippen LogP) is 4.37. The third-order valence-corrected chi connectivity index (χ3v) is 5.75. The number of allylic oxidation sites excluding steroid dienone is 1. The van der Waals surface area contributed by atoms with Gasteiger partial charge in [-0.15, -0.1) is 0 Å². The number of primary amides is 1. The quantitative estimate of drug-likeness (QED) is 0.137. The molecule has 15 heteroatoms. The van der Waals surface area contributed by atoms with Crippen molar-refractivity contribution in [1.82, 2.24) is 9.55 Å². The number of nitrogens with two attached hydrogens (primary N) is 1. The maximum absolute atomic E-state index is 14.2. The highest BCUT2D eigenvalue weighted by molar-refractivity contribution is 7.17. The van der Waals surface area contributed by atoms with Crippen molar-refractivity contribution in [3.8, 4) is 17.6 Å². The molecule has 1 amide bonds. The fourth-order valence-corrected chi connectivity index (χ4v) is 3.85. The average molecular weight is 596 g/mol. The van der Waals surface area contributed by atoms with E-state index in [2.05, 4.69) is 4.98 Å². The van der Waals surface area contributed by atoms with E-state index in [-0.39, 0.29) is 38.7 Å². The Morgan fingerprint density at radius 1 is 1.30 bits per heavy atom. The van der Waals surface area contributed by atoms with Crippen LogP contribution in [0, 0.1) is 16.7 Å². The van der Waals surface area contributed by atoms with E-state index in [1.807, 2.05) is 6.07 Å². The number of aromatic nitrogens is 2. The zero-order valence-electron chi connectivity index (χ0n) is 20.1. The van der Waals surface area contributed by atoms with Crippen LogP contribution in [-0.4, -0.2) is 32.7 Å². The number of alkyl halides is 4. The second kappa shape index (κ2) is 12.4. The largest absolute Gasteiger partial charge is 0.449 e. The molecule has 0 saturated heterocycles. The van der Waals surface area contributed by atoms with Gasteiger partial charge in [0.2, 0.25) is 11.7 Å². The smallest absolute Gasteiger partial charge is 0.304 e. The third kappa shape index (κ3) is 7.30. The molecule has 0 bridgehead atoms. The number of aliphatic hydroxyl groups is 1. The van der Waals surface area contributed by atoms with E-state index < -0.39 is 47.6 Å². The van der Waals surface area contributed by atoms with Crippen molar-refractivity contribution in [2.24, 2.45) is 5.73 Å². The van der Waals surface area contributed by atoms with E-state index in [9.17, 15) is 32.3 Å². The molecule has 0 fully saturated rings. The number of hydrogen-bond donors (Lipinski definition) is 3. The number of rotatable bonds is 10. The number of benzene rings is 2. The number of amides is 1. The third-order valence-electron chi connectivity index (χ3n) is 5.26. The molecule has 9 nitrogen and oxygen atoms in total. The maximum atomic E-state index is 14.2. The molecule has 0 aliphatic rings. The molecule has 3 aromatic rings. The highest BCUT2D eigenvalue weighted by atomic mass is 35.5. The fourth-order valence-electron chi connectivity index (χ4n) is 3.42. The van der Waals surface area contributed by atoms with Crippen LogP contribution in [-0.2, 0) is 17.0 Å². The minimum atomic E-state index is -3.69. The van der Waals surface area contributed by atoms with E-state index in [0.29, 0.717) is 0 Å². The van der Waals surface area contributed by atoms with Crippen molar-refractivity contribution in [2.45, 2.75) is 24.7 Å². The lowest BCUT2D eigenvalue weighted by molar-refractivity contribution is -0.112. The summed E-state index contributed by atoms with van der Waals surface area (Å²) in [6, 6.07) is 10.2. The van der Waals surface area contributed by atoms with Crippen molar-refractivity contribution in [1.29, 1.82) is 10.7 Å². The van der Waals surface area contributed by atoms with Crippen LogP contribution < -0.4 is 16.0 Å². The van der Waals surface area contributed by atoms with Crippen LogP contribution in [0.5, 0.6) is 11.5 Å². The summed E-state index contributed by atoms with van der Waals surface area (Å²) in [7, 11) is 1.23. The van der Waals surface area contributed by atoms with Gasteiger partial charge in [-0.1, -0.05) is 45.1 Å². The van der Waals surface area contributed by atoms with E-state index >= 15 is 0 Å². The first-order valence-electron chi connectivity index (χ1n) is 11.0. The summed E-state index contributed by atoms with van der Waals surface area (Å²) < 4.78 is 60.1. The summed E-state index contributed by atoms with van der Waals surface area (Å²) in [5, 5.41) is 26.9.